The van der Waals surface area contributed by atoms with Gasteiger partial charge < -0.3 is 5.32 Å². The molecule has 2 aromatic rings. The van der Waals surface area contributed by atoms with Crippen LogP contribution in [0.25, 0.3) is 0 Å². The Labute approximate surface area is 138 Å². The van der Waals surface area contributed by atoms with Crippen LogP contribution in [0.4, 0.5) is 10.1 Å². The highest BCUT2D eigenvalue weighted by Gasteiger charge is 2.16. The highest BCUT2D eigenvalue weighted by atomic mass is 35.5. The van der Waals surface area contributed by atoms with Crippen molar-refractivity contribution in [2.24, 2.45) is 0 Å². The molecule has 23 heavy (non-hydrogen) atoms. The fourth-order valence-electron chi connectivity index (χ4n) is 1.86. The van der Waals surface area contributed by atoms with Gasteiger partial charge in [-0.05, 0) is 35.9 Å². The van der Waals surface area contributed by atoms with Gasteiger partial charge in [0.05, 0.1) is 15.6 Å². The van der Waals surface area contributed by atoms with Crippen LogP contribution in [0.3, 0.4) is 0 Å². The molecule has 0 heterocycles. The molecule has 5 nitrogen and oxygen atoms in total. The van der Waals surface area contributed by atoms with Gasteiger partial charge in [-0.3, -0.25) is 4.79 Å². The van der Waals surface area contributed by atoms with Crippen molar-refractivity contribution in [2.45, 2.75) is 18.4 Å². The highest BCUT2D eigenvalue weighted by molar-refractivity contribution is 7.89. The summed E-state index contributed by atoms with van der Waals surface area (Å²) in [6.07, 6.45) is 0. The number of sulfonamides is 1. The van der Waals surface area contributed by atoms with Gasteiger partial charge in [0.2, 0.25) is 15.9 Å². The van der Waals surface area contributed by atoms with Crippen molar-refractivity contribution < 1.29 is 17.6 Å². The number of carbonyl (C=O) groups is 1. The molecule has 0 saturated carbocycles. The average Bonchev–Trinajstić information content (AvgIpc) is 2.47. The van der Waals surface area contributed by atoms with Crippen molar-refractivity contribution in [3.63, 3.8) is 0 Å². The lowest BCUT2D eigenvalue weighted by atomic mass is 10.2. The Morgan fingerprint density at radius 2 is 1.96 bits per heavy atom. The summed E-state index contributed by atoms with van der Waals surface area (Å²) in [4.78, 5) is 11.0. The van der Waals surface area contributed by atoms with Crippen LogP contribution in [0.2, 0.25) is 5.02 Å². The summed E-state index contributed by atoms with van der Waals surface area (Å²) in [7, 11) is -3.81. The number of hydrogen-bond donors (Lipinski definition) is 2. The molecule has 0 fully saturated rings. The van der Waals surface area contributed by atoms with Crippen LogP contribution in [0.1, 0.15) is 12.5 Å². The van der Waals surface area contributed by atoms with E-state index in [2.05, 4.69) is 10.0 Å². The predicted molar refractivity (Wildman–Crippen MR) is 86.2 cm³/mol. The molecule has 0 bridgehead atoms. The molecular formula is C15H14ClFN2O3S. The minimum atomic E-state index is -3.81. The predicted octanol–water partition coefficient (Wildman–Crippen LogP) is 2.92. The summed E-state index contributed by atoms with van der Waals surface area (Å²) in [6.45, 7) is 1.27. The zero-order valence-electron chi connectivity index (χ0n) is 12.1. The molecule has 2 aromatic carbocycles. The molecule has 0 aliphatic rings. The fraction of sp³-hybridized carbons (Fsp3) is 0.133. The van der Waals surface area contributed by atoms with Crippen LogP contribution in [0.5, 0.6) is 0 Å². The van der Waals surface area contributed by atoms with Crippen molar-refractivity contribution in [3.8, 4) is 0 Å². The summed E-state index contributed by atoms with van der Waals surface area (Å²) < 4.78 is 39.9. The van der Waals surface area contributed by atoms with Crippen molar-refractivity contribution in [1.82, 2.24) is 4.72 Å². The van der Waals surface area contributed by atoms with E-state index in [9.17, 15) is 17.6 Å². The van der Waals surface area contributed by atoms with E-state index in [0.29, 0.717) is 11.3 Å². The highest BCUT2D eigenvalue weighted by Crippen LogP contribution is 2.25. The molecule has 0 spiro atoms. The van der Waals surface area contributed by atoms with Crippen LogP contribution < -0.4 is 10.0 Å². The van der Waals surface area contributed by atoms with Crippen molar-refractivity contribution in [3.05, 3.63) is 58.9 Å². The maximum Gasteiger partial charge on any atom is 0.240 e. The van der Waals surface area contributed by atoms with Gasteiger partial charge in [0.15, 0.2) is 0 Å². The van der Waals surface area contributed by atoms with Crippen molar-refractivity contribution >= 4 is 33.2 Å². The number of amides is 1. The van der Waals surface area contributed by atoms with E-state index in [0.717, 1.165) is 0 Å². The number of hydrogen-bond acceptors (Lipinski definition) is 3. The van der Waals surface area contributed by atoms with E-state index in [1.165, 1.54) is 43.3 Å². The Balaban J connectivity index is 2.16. The van der Waals surface area contributed by atoms with Gasteiger partial charge in [-0.15, -0.1) is 0 Å². The maximum atomic E-state index is 13.1. The molecule has 8 heteroatoms. The summed E-state index contributed by atoms with van der Waals surface area (Å²) in [5.74, 6) is -0.754. The summed E-state index contributed by atoms with van der Waals surface area (Å²) in [5.41, 5.74) is 0.817. The molecule has 0 aromatic heterocycles. The summed E-state index contributed by atoms with van der Waals surface area (Å²) >= 11 is 5.96. The molecule has 2 rings (SSSR count). The normalized spacial score (nSPS) is 11.3. The van der Waals surface area contributed by atoms with E-state index in [4.69, 9.17) is 11.6 Å². The first kappa shape index (κ1) is 17.4. The zero-order valence-corrected chi connectivity index (χ0v) is 13.7. The Morgan fingerprint density at radius 3 is 2.57 bits per heavy atom. The van der Waals surface area contributed by atoms with E-state index >= 15 is 0 Å². The van der Waals surface area contributed by atoms with Gasteiger partial charge in [-0.2, -0.15) is 0 Å². The Bertz CT molecular complexity index is 840. The molecule has 0 atom stereocenters. The summed E-state index contributed by atoms with van der Waals surface area (Å²) in [6, 6.07) is 9.59. The van der Waals surface area contributed by atoms with E-state index in [1.54, 1.807) is 6.07 Å². The van der Waals surface area contributed by atoms with E-state index in [-0.39, 0.29) is 22.4 Å². The standard InChI is InChI=1S/C15H14ClFN2O3S/c1-10(20)19-15-6-5-13(8-14(15)16)23(21,22)18-9-11-3-2-4-12(17)7-11/h2-8,18H,9H2,1H3,(H,19,20). The monoisotopic (exact) mass is 356 g/mol. The van der Waals surface area contributed by atoms with E-state index in [1.807, 2.05) is 0 Å². The van der Waals surface area contributed by atoms with Crippen molar-refractivity contribution in [2.75, 3.05) is 5.32 Å². The lowest BCUT2D eigenvalue weighted by Gasteiger charge is -2.10. The fourth-order valence-corrected chi connectivity index (χ4v) is 3.20. The van der Waals surface area contributed by atoms with Gasteiger partial charge in [0, 0.05) is 13.5 Å². The lowest BCUT2D eigenvalue weighted by Crippen LogP contribution is -2.23. The topological polar surface area (TPSA) is 75.3 Å². The number of anilines is 1. The Kier molecular flexibility index (Phi) is 5.35. The van der Waals surface area contributed by atoms with Crippen LogP contribution in [-0.4, -0.2) is 14.3 Å². The van der Waals surface area contributed by atoms with Crippen molar-refractivity contribution in [1.29, 1.82) is 0 Å². The van der Waals surface area contributed by atoms with Crippen LogP contribution in [0.15, 0.2) is 47.4 Å². The second-order valence-corrected chi connectivity index (χ2v) is 6.95. The van der Waals surface area contributed by atoms with Crippen LogP contribution in [-0.2, 0) is 21.4 Å². The first-order valence-electron chi connectivity index (χ1n) is 6.59. The number of benzene rings is 2. The second kappa shape index (κ2) is 7.08. The minimum absolute atomic E-state index is 0.0481. The Morgan fingerprint density at radius 1 is 1.22 bits per heavy atom. The quantitative estimate of drug-likeness (QED) is 0.865. The van der Waals surface area contributed by atoms with Gasteiger partial charge in [0.25, 0.3) is 0 Å². The van der Waals surface area contributed by atoms with E-state index < -0.39 is 15.8 Å². The molecule has 0 unspecified atom stereocenters. The zero-order chi connectivity index (χ0) is 17.0. The number of nitrogens with one attached hydrogen (secondary N) is 2. The van der Waals surface area contributed by atoms with Gasteiger partial charge in [0.1, 0.15) is 5.82 Å². The SMILES string of the molecule is CC(=O)Nc1ccc(S(=O)(=O)NCc2cccc(F)c2)cc1Cl. The minimum Gasteiger partial charge on any atom is -0.325 e. The number of carbonyl (C=O) groups excluding carboxylic acids is 1. The number of rotatable bonds is 5. The molecule has 0 aliphatic heterocycles. The molecule has 0 radical (unpaired) electrons. The van der Waals surface area contributed by atoms with Gasteiger partial charge in [-0.25, -0.2) is 17.5 Å². The van der Waals surface area contributed by atoms with Gasteiger partial charge >= 0.3 is 0 Å². The Hall–Kier alpha value is -1.96. The average molecular weight is 357 g/mol. The molecule has 0 aliphatic carbocycles. The third-order valence-electron chi connectivity index (χ3n) is 2.92. The van der Waals surface area contributed by atoms with Crippen LogP contribution >= 0.6 is 11.6 Å². The molecule has 0 saturated heterocycles. The largest absolute Gasteiger partial charge is 0.325 e. The summed E-state index contributed by atoms with van der Waals surface area (Å²) in [5, 5.41) is 2.59. The lowest BCUT2D eigenvalue weighted by molar-refractivity contribution is -0.114. The first-order chi connectivity index (χ1) is 10.8. The molecular weight excluding hydrogens is 343 g/mol. The number of halogens is 2. The third-order valence-corrected chi connectivity index (χ3v) is 4.63. The smallest absolute Gasteiger partial charge is 0.240 e. The van der Waals surface area contributed by atoms with Gasteiger partial charge in [-0.1, -0.05) is 23.7 Å². The molecule has 2 N–H and O–H groups in total. The molecule has 1 amide bonds. The van der Waals surface area contributed by atoms with Crippen LogP contribution in [0, 0.1) is 5.82 Å². The third kappa shape index (κ3) is 4.75. The first-order valence-corrected chi connectivity index (χ1v) is 8.45. The molecule has 122 valence electrons. The maximum absolute atomic E-state index is 13.1. The second-order valence-electron chi connectivity index (χ2n) is 4.78.